The highest BCUT2D eigenvalue weighted by molar-refractivity contribution is 7.80. The van der Waals surface area contributed by atoms with Crippen molar-refractivity contribution in [3.63, 3.8) is 0 Å². The van der Waals surface area contributed by atoms with Crippen LogP contribution < -0.4 is 102 Å². The summed E-state index contributed by atoms with van der Waals surface area (Å²) in [5, 5.41) is 76.8. The van der Waals surface area contributed by atoms with Crippen LogP contribution in [0.15, 0.2) is 91.3 Å². The molecule has 3 aromatic carbocycles. The second-order valence-electron chi connectivity index (χ2n) is 31.4. The largest absolute Gasteiger partial charge is 0.481 e. The molecular formula is C82H118N24O19S2. The van der Waals surface area contributed by atoms with Crippen molar-refractivity contribution >= 4 is 160 Å². The summed E-state index contributed by atoms with van der Waals surface area (Å²) < 4.78 is 0. The highest BCUT2D eigenvalue weighted by Gasteiger charge is 2.39. The summed E-state index contributed by atoms with van der Waals surface area (Å²) in [6.45, 7) is 7.17. The molecule has 13 atom stereocenters. The molecule has 0 unspecified atom stereocenters. The molecule has 2 aromatic heterocycles. The number of guanidine groups is 2. The molecule has 15 amide bonds. The number of aromatic nitrogens is 2. The molecule has 6 rings (SSSR count). The van der Waals surface area contributed by atoms with Gasteiger partial charge in [-0.05, 0) is 112 Å². The van der Waals surface area contributed by atoms with Crippen LogP contribution in [0.4, 0.5) is 0 Å². The summed E-state index contributed by atoms with van der Waals surface area (Å²) in [5.74, 6) is -18.1. The number of fused-ring (bicyclic) bond motifs is 2. The summed E-state index contributed by atoms with van der Waals surface area (Å²) >= 11 is 8.49. The van der Waals surface area contributed by atoms with E-state index in [2.05, 4.69) is 120 Å². The van der Waals surface area contributed by atoms with Crippen molar-refractivity contribution in [2.24, 2.45) is 29.0 Å². The smallest absolute Gasteiger partial charge is 0.326 e. The first-order valence-electron chi connectivity index (χ1n) is 41.4. The lowest BCUT2D eigenvalue weighted by Gasteiger charge is -2.29. The predicted octanol–water partition coefficient (Wildman–Crippen LogP) is -4.25. The Hall–Kier alpha value is -13.1. The molecule has 0 aliphatic carbocycles. The van der Waals surface area contributed by atoms with Gasteiger partial charge in [-0.3, -0.25) is 87.5 Å². The first-order valence-corrected chi connectivity index (χ1v) is 42.7. The van der Waals surface area contributed by atoms with Crippen molar-refractivity contribution in [2.75, 3.05) is 50.8 Å². The van der Waals surface area contributed by atoms with Crippen molar-refractivity contribution in [1.29, 1.82) is 10.8 Å². The molecule has 5 aromatic rings. The average molecular weight is 1810 g/mol. The Morgan fingerprint density at radius 3 is 1.48 bits per heavy atom. The molecule has 692 valence electrons. The zero-order valence-electron chi connectivity index (χ0n) is 71.4. The summed E-state index contributed by atoms with van der Waals surface area (Å²) in [7, 11) is 0. The monoisotopic (exact) mass is 1810 g/mol. The third kappa shape index (κ3) is 33.7. The number of amides is 15. The molecule has 1 fully saturated rings. The maximum atomic E-state index is 14.5. The zero-order valence-corrected chi connectivity index (χ0v) is 73.2. The van der Waals surface area contributed by atoms with Gasteiger partial charge in [-0.1, -0.05) is 94.4 Å². The SMILES string of the molecule is CC(C)C[C@H](NC(=O)[C@@H](NC(=O)[C@H](CS)NC(=O)[C@H](CCCNC(=N)N)NC(=O)[C@@H](N)Cc1c[nH]c2ccccc12)C(C)C)C(=O)N[C@@H](CCCNC(=N)N)C(=O)N[C@@H](CCC(=O)O)C(=O)NCC(=O)N1CCC[C@H]1C(=O)N[C@@H](C)C(=O)NCC(=O)NCC(=O)N[C@@H](CS)C(=O)N[C@@H](C)C(=O)N[C@@H](Cc1c[nH]c2ccccc12)C(=O)N[C@@H](Cc1ccccc1)C(=O)O. The Morgan fingerprint density at radius 1 is 0.465 bits per heavy atom. The molecule has 45 heteroatoms. The average Bonchev–Trinajstić information content (AvgIpc) is 1.77. The number of nitrogens with zero attached hydrogens (tertiary/aromatic N) is 1. The predicted molar refractivity (Wildman–Crippen MR) is 473 cm³/mol. The van der Waals surface area contributed by atoms with E-state index < -0.39 is 223 Å². The Bertz CT molecular complexity index is 4720. The number of hydrogen-bond acceptors (Lipinski definition) is 22. The van der Waals surface area contributed by atoms with Gasteiger partial charge in [0.25, 0.3) is 0 Å². The molecule has 28 N–H and O–H groups in total. The Balaban J connectivity index is 0.996. The van der Waals surface area contributed by atoms with Crippen molar-refractivity contribution in [3.8, 4) is 0 Å². The molecule has 43 nitrogen and oxygen atoms in total. The number of carboxylic acids is 2. The van der Waals surface area contributed by atoms with Gasteiger partial charge in [-0.15, -0.1) is 0 Å². The number of benzene rings is 3. The summed E-state index contributed by atoms with van der Waals surface area (Å²) in [6.07, 6.45) is 2.46. The minimum absolute atomic E-state index is 0.00157. The molecule has 3 heterocycles. The number of rotatable bonds is 52. The van der Waals surface area contributed by atoms with Gasteiger partial charge in [0, 0.05) is 84.6 Å². The quantitative estimate of drug-likeness (QED) is 0.00759. The summed E-state index contributed by atoms with van der Waals surface area (Å²) in [6, 6.07) is 5.42. The molecule has 1 saturated heterocycles. The van der Waals surface area contributed by atoms with E-state index in [0.29, 0.717) is 11.1 Å². The van der Waals surface area contributed by atoms with E-state index in [1.807, 2.05) is 24.3 Å². The van der Waals surface area contributed by atoms with E-state index in [-0.39, 0.29) is 107 Å². The summed E-state index contributed by atoms with van der Waals surface area (Å²) in [5.41, 5.74) is 20.9. The fourth-order valence-corrected chi connectivity index (χ4v) is 14.1. The molecule has 0 saturated carbocycles. The van der Waals surface area contributed by atoms with Crippen LogP contribution in [0.25, 0.3) is 21.8 Å². The molecule has 1 aliphatic rings. The number of thiol groups is 2. The second kappa shape index (κ2) is 51.4. The molecule has 0 radical (unpaired) electrons. The maximum absolute atomic E-state index is 14.5. The van der Waals surface area contributed by atoms with Crippen LogP contribution in [0.1, 0.15) is 116 Å². The number of aliphatic carboxylic acids is 2. The van der Waals surface area contributed by atoms with Crippen LogP contribution in [0.3, 0.4) is 0 Å². The van der Waals surface area contributed by atoms with Crippen LogP contribution in [0.2, 0.25) is 0 Å². The third-order valence-corrected chi connectivity index (χ3v) is 21.2. The number of para-hydroxylation sites is 2. The molecule has 127 heavy (non-hydrogen) atoms. The lowest BCUT2D eigenvalue weighted by molar-refractivity contribution is -0.142. The Morgan fingerprint density at radius 2 is 0.929 bits per heavy atom. The molecule has 1 aliphatic heterocycles. The van der Waals surface area contributed by atoms with Gasteiger partial charge in [0.1, 0.15) is 72.5 Å². The van der Waals surface area contributed by atoms with Crippen LogP contribution in [0, 0.1) is 22.7 Å². The van der Waals surface area contributed by atoms with E-state index in [9.17, 15) is 91.7 Å². The van der Waals surface area contributed by atoms with Crippen LogP contribution >= 0.6 is 25.3 Å². The van der Waals surface area contributed by atoms with Crippen molar-refractivity contribution in [3.05, 3.63) is 108 Å². The van der Waals surface area contributed by atoms with E-state index in [1.54, 1.807) is 94.7 Å². The number of hydrogen-bond donors (Lipinski definition) is 27. The van der Waals surface area contributed by atoms with Crippen LogP contribution in [-0.2, 0) is 101 Å². The maximum Gasteiger partial charge on any atom is 0.326 e. The Labute approximate surface area is 743 Å². The first kappa shape index (κ1) is 103. The molecular weight excluding hydrogens is 1690 g/mol. The lowest BCUT2D eigenvalue weighted by atomic mass is 9.99. The highest BCUT2D eigenvalue weighted by atomic mass is 32.1. The van der Waals surface area contributed by atoms with E-state index >= 15 is 0 Å². The van der Waals surface area contributed by atoms with Crippen LogP contribution in [-0.4, -0.2) is 267 Å². The van der Waals surface area contributed by atoms with E-state index in [0.717, 1.165) is 32.3 Å². The Kier molecular flexibility index (Phi) is 41.6. The number of nitrogens with one attached hydrogen (secondary N) is 20. The third-order valence-electron chi connectivity index (χ3n) is 20.5. The van der Waals surface area contributed by atoms with Gasteiger partial charge in [-0.2, -0.15) is 25.3 Å². The minimum atomic E-state index is -1.68. The number of carbonyl (C=O) groups is 17. The van der Waals surface area contributed by atoms with Gasteiger partial charge in [0.05, 0.1) is 25.7 Å². The number of carbonyl (C=O) groups excluding carboxylic acids is 15. The molecule has 0 bridgehead atoms. The topological polar surface area (TPSA) is 684 Å². The van der Waals surface area contributed by atoms with Crippen molar-refractivity contribution in [2.45, 2.75) is 197 Å². The van der Waals surface area contributed by atoms with Crippen molar-refractivity contribution < 1.29 is 91.7 Å². The molecule has 0 spiro atoms. The van der Waals surface area contributed by atoms with Gasteiger partial charge in [-0.25, -0.2) is 4.79 Å². The van der Waals surface area contributed by atoms with Gasteiger partial charge in [0.15, 0.2) is 11.9 Å². The summed E-state index contributed by atoms with van der Waals surface area (Å²) in [4.78, 5) is 239. The fraction of sp³-hybridized carbons (Fsp3) is 0.500. The lowest BCUT2D eigenvalue weighted by Crippen LogP contribution is -2.61. The van der Waals surface area contributed by atoms with Crippen LogP contribution in [0.5, 0.6) is 0 Å². The number of likely N-dealkylation sites (tertiary alicyclic amines) is 1. The number of carboxylic acid groups (broad SMARTS) is 2. The van der Waals surface area contributed by atoms with E-state index in [4.69, 9.17) is 28.0 Å². The number of aromatic amines is 2. The zero-order chi connectivity index (χ0) is 93.7. The van der Waals surface area contributed by atoms with Gasteiger partial charge in [0.2, 0.25) is 88.6 Å². The number of H-pyrrole nitrogens is 2. The minimum Gasteiger partial charge on any atom is -0.481 e. The van der Waals surface area contributed by atoms with Crippen molar-refractivity contribution in [1.82, 2.24) is 99.9 Å². The standard InChI is InChI=1S/C82H118N24O19S2/c1-42(2)31-57(102-79(123)67(43(3)4)105-77(121)61(41-127)104-73(117)54(23-14-28-88-81(84)85)98-70(114)51(83)33-47-35-90-52-21-12-10-19-49(47)52)74(118)99-55(24-15-29-89-82(86)87)72(116)100-56(26-27-66(110)111)71(115)94-39-65(109)106-30-16-25-62(106)78(122)96-44(5)68(112)93-37-63(107)92-38-64(108)97-60(40-126)76(120)95-45(6)69(113)101-58(34-48-36-91-53-22-13-11-20-50(48)53)75(119)103-59(80(124)125)32-46-17-8-7-9-18-46/h7-13,17-22,35-36,42-45,51,54-62,67,90-91,126-127H,14-16,23-34,37-41,83H2,1-6H3,(H,92,107)(H,93,112)(H,94,115)(H,95,120)(H,96,122)(H,97,108)(H,98,114)(H,99,118)(H,100,116)(H,101,113)(H,102,123)(H,103,119)(H,104,117)(H,105,121)(H,110,111)(H,124,125)(H4,84,85,88)(H4,86,87,89)/t44-,45-,51-,54-,55-,56-,57-,58-,59-,60-,61-,62-,67-/m0/s1. The normalized spacial score (nSPS) is 15.2. The van der Waals surface area contributed by atoms with Gasteiger partial charge < -0.3 is 127 Å². The highest BCUT2D eigenvalue weighted by Crippen LogP contribution is 2.23. The first-order chi connectivity index (χ1) is 60.3. The fourth-order valence-electron chi connectivity index (χ4n) is 13.6. The van der Waals surface area contributed by atoms with Gasteiger partial charge >= 0.3 is 11.9 Å². The van der Waals surface area contributed by atoms with E-state index in [1.165, 1.54) is 13.8 Å². The number of nitrogens with two attached hydrogens (primary N) is 3. The second-order valence-corrected chi connectivity index (χ2v) is 32.1.